The van der Waals surface area contributed by atoms with Crippen molar-refractivity contribution in [1.82, 2.24) is 19.7 Å². The summed E-state index contributed by atoms with van der Waals surface area (Å²) in [6.07, 6.45) is 6.27. The lowest BCUT2D eigenvalue weighted by Crippen LogP contribution is -2.29. The van der Waals surface area contributed by atoms with Crippen molar-refractivity contribution < 1.29 is 4.79 Å². The molecule has 106 valence electrons. The van der Waals surface area contributed by atoms with Crippen LogP contribution in [0.15, 0.2) is 31.0 Å². The summed E-state index contributed by atoms with van der Waals surface area (Å²) < 4.78 is 1.51. The molecule has 0 aliphatic heterocycles. The van der Waals surface area contributed by atoms with Crippen molar-refractivity contribution in [2.45, 2.75) is 19.8 Å². The van der Waals surface area contributed by atoms with E-state index in [0.29, 0.717) is 18.1 Å². The summed E-state index contributed by atoms with van der Waals surface area (Å²) in [6.45, 7) is 2.36. The third-order valence-electron chi connectivity index (χ3n) is 2.97. The summed E-state index contributed by atoms with van der Waals surface area (Å²) in [5.41, 5.74) is 6.24. The summed E-state index contributed by atoms with van der Waals surface area (Å²) in [4.78, 5) is 20.3. The van der Waals surface area contributed by atoms with E-state index in [1.54, 1.807) is 18.3 Å². The molecule has 0 aromatic carbocycles. The first-order chi connectivity index (χ1) is 9.76. The van der Waals surface area contributed by atoms with Gasteiger partial charge < -0.3 is 11.1 Å². The molecule has 20 heavy (non-hydrogen) atoms. The van der Waals surface area contributed by atoms with E-state index in [9.17, 15) is 4.79 Å². The Balaban J connectivity index is 2.19. The number of hydrogen-bond acceptors (Lipinski definition) is 5. The smallest absolute Gasteiger partial charge is 0.228 e. The van der Waals surface area contributed by atoms with Gasteiger partial charge in [0.25, 0.3) is 0 Å². The van der Waals surface area contributed by atoms with E-state index in [1.807, 2.05) is 6.92 Å². The van der Waals surface area contributed by atoms with E-state index in [1.165, 1.54) is 17.3 Å². The second-order valence-electron chi connectivity index (χ2n) is 4.43. The molecule has 0 saturated heterocycles. The highest BCUT2D eigenvalue weighted by Crippen LogP contribution is 2.17. The van der Waals surface area contributed by atoms with Crippen LogP contribution in [0.25, 0.3) is 5.82 Å². The Bertz CT molecular complexity index is 554. The molecule has 1 atom stereocenters. The van der Waals surface area contributed by atoms with Gasteiger partial charge in [-0.2, -0.15) is 5.10 Å². The number of nitrogens with zero attached hydrogens (tertiary/aromatic N) is 4. The van der Waals surface area contributed by atoms with Gasteiger partial charge in [-0.25, -0.2) is 14.6 Å². The number of nitrogens with two attached hydrogens (primary N) is 1. The Morgan fingerprint density at radius 3 is 3.05 bits per heavy atom. The van der Waals surface area contributed by atoms with Crippen LogP contribution >= 0.6 is 0 Å². The van der Waals surface area contributed by atoms with E-state index in [2.05, 4.69) is 20.4 Å². The highest BCUT2D eigenvalue weighted by Gasteiger charge is 2.17. The fourth-order valence-corrected chi connectivity index (χ4v) is 1.93. The Hall–Kier alpha value is -2.28. The Labute approximate surface area is 117 Å². The molecule has 0 saturated carbocycles. The van der Waals surface area contributed by atoms with Crippen LogP contribution in [-0.4, -0.2) is 32.2 Å². The molecule has 7 nitrogen and oxygen atoms in total. The van der Waals surface area contributed by atoms with Crippen molar-refractivity contribution in [1.29, 1.82) is 0 Å². The first-order valence-electron chi connectivity index (χ1n) is 6.57. The molecule has 2 aromatic rings. The molecule has 2 heterocycles. The lowest BCUT2D eigenvalue weighted by atomic mass is 10.0. The minimum absolute atomic E-state index is 0.0938. The minimum atomic E-state index is -0.191. The number of rotatable bonds is 6. The van der Waals surface area contributed by atoms with E-state index in [-0.39, 0.29) is 11.8 Å². The van der Waals surface area contributed by atoms with Gasteiger partial charge in [0.05, 0.1) is 11.6 Å². The van der Waals surface area contributed by atoms with Gasteiger partial charge in [0.1, 0.15) is 12.7 Å². The number of aromatic nitrogens is 4. The molecule has 0 aliphatic rings. The first-order valence-corrected chi connectivity index (χ1v) is 6.57. The van der Waals surface area contributed by atoms with E-state index >= 15 is 0 Å². The monoisotopic (exact) mass is 274 g/mol. The van der Waals surface area contributed by atoms with Crippen molar-refractivity contribution in [3.05, 3.63) is 31.0 Å². The molecule has 7 heteroatoms. The summed E-state index contributed by atoms with van der Waals surface area (Å²) in [7, 11) is 0. The van der Waals surface area contributed by atoms with Gasteiger partial charge in [0, 0.05) is 12.7 Å². The standard InChI is InChI=1S/C13H18N6O/c1-2-4-10(7-14)13(20)18-11-5-3-6-16-12(11)19-9-15-8-17-19/h3,5-6,8-10H,2,4,7,14H2,1H3,(H,18,20). The number of carbonyl (C=O) groups excluding carboxylic acids is 1. The fraction of sp³-hybridized carbons (Fsp3) is 0.385. The number of carbonyl (C=O) groups is 1. The number of amides is 1. The number of hydrogen-bond donors (Lipinski definition) is 2. The molecule has 2 aromatic heterocycles. The van der Waals surface area contributed by atoms with Crippen molar-refractivity contribution in [3.8, 4) is 5.82 Å². The quantitative estimate of drug-likeness (QED) is 0.818. The van der Waals surface area contributed by atoms with Crippen LogP contribution in [0.1, 0.15) is 19.8 Å². The molecule has 3 N–H and O–H groups in total. The molecule has 1 amide bonds. The van der Waals surface area contributed by atoms with E-state index in [4.69, 9.17) is 5.73 Å². The molecule has 0 spiro atoms. The molecule has 0 bridgehead atoms. The summed E-state index contributed by atoms with van der Waals surface area (Å²) in [5, 5.41) is 6.89. The normalized spacial score (nSPS) is 12.1. The van der Waals surface area contributed by atoms with E-state index < -0.39 is 0 Å². The van der Waals surface area contributed by atoms with Gasteiger partial charge in [-0.05, 0) is 18.6 Å². The molecule has 1 unspecified atom stereocenters. The van der Waals surface area contributed by atoms with Gasteiger partial charge >= 0.3 is 0 Å². The van der Waals surface area contributed by atoms with Crippen LogP contribution in [0.3, 0.4) is 0 Å². The van der Waals surface area contributed by atoms with Gasteiger partial charge in [0.15, 0.2) is 5.82 Å². The van der Waals surface area contributed by atoms with Crippen LogP contribution in [-0.2, 0) is 4.79 Å². The number of anilines is 1. The minimum Gasteiger partial charge on any atom is -0.330 e. The van der Waals surface area contributed by atoms with Crippen LogP contribution in [0.5, 0.6) is 0 Å². The van der Waals surface area contributed by atoms with Crippen LogP contribution in [0.4, 0.5) is 5.69 Å². The third-order valence-corrected chi connectivity index (χ3v) is 2.97. The molecule has 2 rings (SSSR count). The van der Waals surface area contributed by atoms with Crippen molar-refractivity contribution in [3.63, 3.8) is 0 Å². The van der Waals surface area contributed by atoms with Gasteiger partial charge in [-0.3, -0.25) is 4.79 Å². The summed E-state index contributed by atoms with van der Waals surface area (Å²) in [5.74, 6) is 0.248. The summed E-state index contributed by atoms with van der Waals surface area (Å²) >= 11 is 0. The molecule has 0 aliphatic carbocycles. The predicted molar refractivity (Wildman–Crippen MR) is 75.2 cm³/mol. The largest absolute Gasteiger partial charge is 0.330 e. The van der Waals surface area contributed by atoms with Gasteiger partial charge in [-0.15, -0.1) is 0 Å². The van der Waals surface area contributed by atoms with Gasteiger partial charge in [-0.1, -0.05) is 13.3 Å². The molecular formula is C13H18N6O. The topological polar surface area (TPSA) is 98.7 Å². The third kappa shape index (κ3) is 3.18. The highest BCUT2D eigenvalue weighted by atomic mass is 16.1. The Morgan fingerprint density at radius 1 is 1.55 bits per heavy atom. The number of nitrogens with one attached hydrogen (secondary N) is 1. The lowest BCUT2D eigenvalue weighted by Gasteiger charge is -2.15. The van der Waals surface area contributed by atoms with Crippen molar-refractivity contribution in [2.75, 3.05) is 11.9 Å². The molecular weight excluding hydrogens is 256 g/mol. The van der Waals surface area contributed by atoms with Crippen molar-refractivity contribution >= 4 is 11.6 Å². The first kappa shape index (κ1) is 14.1. The van der Waals surface area contributed by atoms with Crippen LogP contribution in [0.2, 0.25) is 0 Å². The average Bonchev–Trinajstić information content (AvgIpc) is 2.99. The predicted octanol–water partition coefficient (Wildman–Crippen LogP) is 0.976. The average molecular weight is 274 g/mol. The SMILES string of the molecule is CCCC(CN)C(=O)Nc1cccnc1-n1cncn1. The zero-order chi connectivity index (χ0) is 14.4. The second-order valence-corrected chi connectivity index (χ2v) is 4.43. The Morgan fingerprint density at radius 2 is 2.40 bits per heavy atom. The lowest BCUT2D eigenvalue weighted by molar-refractivity contribution is -0.119. The zero-order valence-corrected chi connectivity index (χ0v) is 11.4. The van der Waals surface area contributed by atoms with Crippen LogP contribution < -0.4 is 11.1 Å². The maximum absolute atomic E-state index is 12.2. The van der Waals surface area contributed by atoms with E-state index in [0.717, 1.165) is 12.8 Å². The maximum atomic E-state index is 12.2. The number of pyridine rings is 1. The maximum Gasteiger partial charge on any atom is 0.228 e. The van der Waals surface area contributed by atoms with Gasteiger partial charge in [0.2, 0.25) is 5.91 Å². The molecule has 0 radical (unpaired) electrons. The van der Waals surface area contributed by atoms with Crippen molar-refractivity contribution in [2.24, 2.45) is 11.7 Å². The molecule has 0 fully saturated rings. The fourth-order valence-electron chi connectivity index (χ4n) is 1.93. The second kappa shape index (κ2) is 6.76. The Kier molecular flexibility index (Phi) is 4.78. The zero-order valence-electron chi connectivity index (χ0n) is 11.4. The summed E-state index contributed by atoms with van der Waals surface area (Å²) in [6, 6.07) is 3.54. The highest BCUT2D eigenvalue weighted by molar-refractivity contribution is 5.94. The van der Waals surface area contributed by atoms with Crippen LogP contribution in [0, 0.1) is 5.92 Å².